The number of carboxylic acids is 1. The number of likely N-dealkylation sites (N-methyl/N-ethyl adjacent to an activating group) is 1. The van der Waals surface area contributed by atoms with E-state index in [9.17, 15) is 19.5 Å². The molecule has 0 saturated carbocycles. The van der Waals surface area contributed by atoms with Gasteiger partial charge < -0.3 is 10.0 Å². The van der Waals surface area contributed by atoms with Crippen LogP contribution in [-0.2, 0) is 9.59 Å². The van der Waals surface area contributed by atoms with Gasteiger partial charge in [-0.3, -0.25) is 14.5 Å². The van der Waals surface area contributed by atoms with Gasteiger partial charge in [0.25, 0.3) is 5.91 Å². The monoisotopic (exact) mass is 260 g/mol. The molecule has 1 aromatic rings. The molecule has 19 heavy (non-hydrogen) atoms. The Morgan fingerprint density at radius 3 is 2.68 bits per heavy atom. The molecule has 1 fully saturated rings. The van der Waals surface area contributed by atoms with E-state index >= 15 is 0 Å². The van der Waals surface area contributed by atoms with Gasteiger partial charge >= 0.3 is 5.97 Å². The van der Waals surface area contributed by atoms with Gasteiger partial charge in [0.15, 0.2) is 0 Å². The molecule has 1 atom stereocenters. The summed E-state index contributed by atoms with van der Waals surface area (Å²) in [6.45, 7) is 0. The molecular weight excluding hydrogens is 248 g/mol. The zero-order chi connectivity index (χ0) is 13.8. The minimum absolute atomic E-state index is 0.109. The number of hydrogen-bond acceptors (Lipinski definition) is 3. The molecule has 0 aromatic heterocycles. The van der Waals surface area contributed by atoms with Crippen molar-refractivity contribution < 1.29 is 19.5 Å². The van der Waals surface area contributed by atoms with Crippen molar-refractivity contribution >= 4 is 23.5 Å². The first-order valence-corrected chi connectivity index (χ1v) is 5.94. The standard InChI is InChI=1S/C13H12N2O4/c1-14-11(17)8-4-2-3-5-9(8)15-10(16)6-7-13(14,15)12(18)19/h2-5H,6-7H2,1H3,(H,18,19)/t13-/m1/s1. The van der Waals surface area contributed by atoms with E-state index < -0.39 is 11.6 Å². The molecule has 6 heteroatoms. The normalized spacial score (nSPS) is 25.3. The minimum atomic E-state index is -1.58. The molecule has 1 N–H and O–H groups in total. The predicted octanol–water partition coefficient (Wildman–Crippen LogP) is 0.680. The van der Waals surface area contributed by atoms with E-state index in [0.29, 0.717) is 11.3 Å². The van der Waals surface area contributed by atoms with E-state index in [1.807, 2.05) is 0 Å². The highest BCUT2D eigenvalue weighted by Crippen LogP contribution is 2.43. The fourth-order valence-electron chi connectivity index (χ4n) is 2.91. The van der Waals surface area contributed by atoms with Crippen molar-refractivity contribution in [3.8, 4) is 0 Å². The third kappa shape index (κ3) is 1.23. The number of carbonyl (C=O) groups is 3. The Hall–Kier alpha value is -2.37. The molecule has 0 bridgehead atoms. The number of carboxylic acid groups (broad SMARTS) is 1. The summed E-state index contributed by atoms with van der Waals surface area (Å²) in [7, 11) is 1.43. The van der Waals surface area contributed by atoms with Crippen molar-refractivity contribution in [1.82, 2.24) is 4.90 Å². The average Bonchev–Trinajstić information content (AvgIpc) is 2.75. The molecule has 0 radical (unpaired) electrons. The summed E-state index contributed by atoms with van der Waals surface area (Å²) in [4.78, 5) is 38.4. The van der Waals surface area contributed by atoms with E-state index in [4.69, 9.17) is 0 Å². The topological polar surface area (TPSA) is 77.9 Å². The van der Waals surface area contributed by atoms with Crippen LogP contribution >= 0.6 is 0 Å². The molecule has 1 aromatic carbocycles. The van der Waals surface area contributed by atoms with Crippen molar-refractivity contribution in [2.75, 3.05) is 11.9 Å². The van der Waals surface area contributed by atoms with Gasteiger partial charge in [0.2, 0.25) is 11.6 Å². The lowest BCUT2D eigenvalue weighted by Gasteiger charge is -2.45. The summed E-state index contributed by atoms with van der Waals surface area (Å²) in [5, 5.41) is 9.54. The van der Waals surface area contributed by atoms with Crippen LogP contribution < -0.4 is 4.90 Å². The van der Waals surface area contributed by atoms with Crippen molar-refractivity contribution in [3.05, 3.63) is 29.8 Å². The Bertz CT molecular complexity index is 612. The summed E-state index contributed by atoms with van der Waals surface area (Å²) in [5.41, 5.74) is -0.838. The van der Waals surface area contributed by atoms with Gasteiger partial charge in [-0.15, -0.1) is 0 Å². The summed E-state index contributed by atoms with van der Waals surface area (Å²) >= 11 is 0. The van der Waals surface area contributed by atoms with Crippen LogP contribution in [0, 0.1) is 0 Å². The van der Waals surface area contributed by atoms with Crippen LogP contribution in [0.25, 0.3) is 0 Å². The smallest absolute Gasteiger partial charge is 0.351 e. The highest BCUT2D eigenvalue weighted by Gasteiger charge is 2.60. The number of hydrogen-bond donors (Lipinski definition) is 1. The maximum absolute atomic E-state index is 12.3. The predicted molar refractivity (Wildman–Crippen MR) is 65.6 cm³/mol. The lowest BCUT2D eigenvalue weighted by atomic mass is 9.97. The van der Waals surface area contributed by atoms with Crippen LogP contribution in [0.1, 0.15) is 23.2 Å². The molecule has 6 nitrogen and oxygen atoms in total. The lowest BCUT2D eigenvalue weighted by molar-refractivity contribution is -0.149. The molecule has 3 rings (SSSR count). The number of rotatable bonds is 1. The summed E-state index contributed by atoms with van der Waals surface area (Å²) in [6, 6.07) is 6.60. The van der Waals surface area contributed by atoms with Crippen molar-refractivity contribution in [2.24, 2.45) is 0 Å². The lowest BCUT2D eigenvalue weighted by Crippen LogP contribution is -2.66. The first kappa shape index (κ1) is 11.7. The van der Waals surface area contributed by atoms with E-state index in [2.05, 4.69) is 0 Å². The number of amides is 2. The minimum Gasteiger partial charge on any atom is -0.478 e. The number of aliphatic carboxylic acids is 1. The number of benzene rings is 1. The van der Waals surface area contributed by atoms with Crippen LogP contribution in [0.15, 0.2) is 24.3 Å². The van der Waals surface area contributed by atoms with Crippen LogP contribution in [0.4, 0.5) is 5.69 Å². The number of nitrogens with zero attached hydrogens (tertiary/aromatic N) is 2. The largest absolute Gasteiger partial charge is 0.478 e. The Morgan fingerprint density at radius 2 is 2.00 bits per heavy atom. The maximum Gasteiger partial charge on any atom is 0.351 e. The molecule has 98 valence electrons. The Labute approximate surface area is 109 Å². The Kier molecular flexibility index (Phi) is 2.20. The second kappa shape index (κ2) is 3.57. The number of carbonyl (C=O) groups excluding carboxylic acids is 2. The number of anilines is 1. The molecule has 2 aliphatic heterocycles. The molecule has 0 unspecified atom stereocenters. The van der Waals surface area contributed by atoms with Crippen LogP contribution in [0.3, 0.4) is 0 Å². The first-order valence-electron chi connectivity index (χ1n) is 5.94. The maximum atomic E-state index is 12.3. The quantitative estimate of drug-likeness (QED) is 0.805. The third-order valence-electron chi connectivity index (χ3n) is 3.88. The number of fused-ring (bicyclic) bond motifs is 3. The second-order valence-electron chi connectivity index (χ2n) is 4.73. The molecule has 2 heterocycles. The zero-order valence-electron chi connectivity index (χ0n) is 10.3. The van der Waals surface area contributed by atoms with Gasteiger partial charge in [0.05, 0.1) is 11.3 Å². The van der Waals surface area contributed by atoms with Gasteiger partial charge in [-0.05, 0) is 12.1 Å². The molecule has 1 saturated heterocycles. The molecule has 2 amide bonds. The van der Waals surface area contributed by atoms with Crippen molar-refractivity contribution in [2.45, 2.75) is 18.5 Å². The highest BCUT2D eigenvalue weighted by atomic mass is 16.4. The SMILES string of the molecule is CN1C(=O)c2ccccc2N2C(=O)CC[C@@]12C(=O)O. The highest BCUT2D eigenvalue weighted by molar-refractivity contribution is 6.15. The van der Waals surface area contributed by atoms with Gasteiger partial charge in [0.1, 0.15) is 0 Å². The van der Waals surface area contributed by atoms with Gasteiger partial charge in [-0.1, -0.05) is 12.1 Å². The van der Waals surface area contributed by atoms with E-state index in [1.54, 1.807) is 24.3 Å². The van der Waals surface area contributed by atoms with Crippen molar-refractivity contribution in [3.63, 3.8) is 0 Å². The Balaban J connectivity index is 2.31. The zero-order valence-corrected chi connectivity index (χ0v) is 10.3. The summed E-state index contributed by atoms with van der Waals surface area (Å²) in [6.07, 6.45) is 0.232. The van der Waals surface area contributed by atoms with E-state index in [1.165, 1.54) is 11.9 Å². The van der Waals surface area contributed by atoms with Gasteiger partial charge in [-0.25, -0.2) is 4.79 Å². The molecule has 0 aliphatic carbocycles. The van der Waals surface area contributed by atoms with Gasteiger partial charge in [0, 0.05) is 19.9 Å². The van der Waals surface area contributed by atoms with Gasteiger partial charge in [-0.2, -0.15) is 0 Å². The van der Waals surface area contributed by atoms with E-state index in [-0.39, 0.29) is 24.7 Å². The Morgan fingerprint density at radius 1 is 1.32 bits per heavy atom. The molecule has 0 spiro atoms. The molecular formula is C13H12N2O4. The summed E-state index contributed by atoms with van der Waals surface area (Å²) < 4.78 is 0. The fraction of sp³-hybridized carbons (Fsp3) is 0.308. The van der Waals surface area contributed by atoms with Crippen LogP contribution in [0.2, 0.25) is 0 Å². The summed E-state index contributed by atoms with van der Waals surface area (Å²) in [5.74, 6) is -1.82. The number of para-hydroxylation sites is 1. The van der Waals surface area contributed by atoms with Crippen molar-refractivity contribution in [1.29, 1.82) is 0 Å². The second-order valence-corrected chi connectivity index (χ2v) is 4.73. The molecule has 2 aliphatic rings. The average molecular weight is 260 g/mol. The first-order chi connectivity index (χ1) is 9.00. The van der Waals surface area contributed by atoms with Crippen LogP contribution in [-0.4, -0.2) is 40.5 Å². The van der Waals surface area contributed by atoms with E-state index in [0.717, 1.165) is 4.90 Å². The third-order valence-corrected chi connectivity index (χ3v) is 3.88. The van der Waals surface area contributed by atoms with Crippen LogP contribution in [0.5, 0.6) is 0 Å². The fourth-order valence-corrected chi connectivity index (χ4v) is 2.91.